The number of pyridine rings is 1. The maximum atomic E-state index is 12.6. The summed E-state index contributed by atoms with van der Waals surface area (Å²) in [6.07, 6.45) is 1.73. The van der Waals surface area contributed by atoms with Gasteiger partial charge in [-0.05, 0) is 56.2 Å². The molecule has 1 amide bonds. The molecule has 1 aromatic carbocycles. The van der Waals surface area contributed by atoms with Crippen molar-refractivity contribution in [2.24, 2.45) is 0 Å². The first-order chi connectivity index (χ1) is 16.2. The zero-order valence-electron chi connectivity index (χ0n) is 19.1. The van der Waals surface area contributed by atoms with Crippen molar-refractivity contribution in [3.63, 3.8) is 0 Å². The van der Waals surface area contributed by atoms with Crippen molar-refractivity contribution in [1.29, 1.82) is 0 Å². The third-order valence-electron chi connectivity index (χ3n) is 5.17. The average molecular weight is 524 g/mol. The molecule has 3 rings (SSSR count). The lowest BCUT2D eigenvalue weighted by atomic mass is 9.94. The fourth-order valence-electron chi connectivity index (χ4n) is 3.59. The summed E-state index contributed by atoms with van der Waals surface area (Å²) in [7, 11) is 0. The predicted molar refractivity (Wildman–Crippen MR) is 133 cm³/mol. The van der Waals surface area contributed by atoms with Crippen LogP contribution in [0.15, 0.2) is 36.4 Å². The molecule has 0 aliphatic rings. The summed E-state index contributed by atoms with van der Waals surface area (Å²) < 4.78 is 6.77. The number of benzene rings is 1. The molecule has 2 aromatic heterocycles. The molecule has 0 aliphatic carbocycles. The molecule has 2 heterocycles. The van der Waals surface area contributed by atoms with E-state index in [4.69, 9.17) is 39.5 Å². The Morgan fingerprint density at radius 2 is 1.85 bits per heavy atom. The van der Waals surface area contributed by atoms with Gasteiger partial charge >= 0.3 is 5.97 Å². The van der Waals surface area contributed by atoms with E-state index in [1.165, 1.54) is 0 Å². The smallest absolute Gasteiger partial charge is 0.359 e. The Morgan fingerprint density at radius 1 is 1.09 bits per heavy atom. The number of rotatable bonds is 9. The molecule has 34 heavy (non-hydrogen) atoms. The van der Waals surface area contributed by atoms with E-state index in [0.717, 1.165) is 29.8 Å². The highest BCUT2D eigenvalue weighted by Crippen LogP contribution is 2.30. The maximum absolute atomic E-state index is 12.6. The molecule has 1 N–H and O–H groups in total. The summed E-state index contributed by atoms with van der Waals surface area (Å²) in [5.74, 6) is -0.809. The van der Waals surface area contributed by atoms with E-state index in [9.17, 15) is 9.59 Å². The Labute approximate surface area is 213 Å². The van der Waals surface area contributed by atoms with Gasteiger partial charge in [-0.2, -0.15) is 5.10 Å². The van der Waals surface area contributed by atoms with E-state index in [1.54, 1.807) is 28.9 Å². The van der Waals surface area contributed by atoms with E-state index < -0.39 is 18.5 Å². The Morgan fingerprint density at radius 3 is 2.50 bits per heavy atom. The molecular weight excluding hydrogens is 499 g/mol. The number of amides is 1. The van der Waals surface area contributed by atoms with E-state index in [1.807, 2.05) is 26.0 Å². The van der Waals surface area contributed by atoms with E-state index in [-0.39, 0.29) is 16.6 Å². The minimum absolute atomic E-state index is 0.00276. The van der Waals surface area contributed by atoms with Crippen LogP contribution in [-0.2, 0) is 9.53 Å². The van der Waals surface area contributed by atoms with Gasteiger partial charge in [-0.1, -0.05) is 54.2 Å². The van der Waals surface area contributed by atoms with Crippen LogP contribution in [0.4, 0.5) is 0 Å². The molecule has 0 radical (unpaired) electrons. The molecule has 0 unspecified atom stereocenters. The lowest BCUT2D eigenvalue weighted by Gasteiger charge is -2.19. The second-order valence-corrected chi connectivity index (χ2v) is 9.12. The third-order valence-corrected chi connectivity index (χ3v) is 6.04. The molecule has 1 atom stereocenters. The zero-order valence-corrected chi connectivity index (χ0v) is 21.3. The molecule has 10 heteroatoms. The first-order valence-corrected chi connectivity index (χ1v) is 11.9. The molecule has 0 aliphatic heterocycles. The normalized spacial score (nSPS) is 11.8. The highest BCUT2D eigenvalue weighted by Gasteiger charge is 2.19. The number of nitrogens with one attached hydrogen (secondary N) is 1. The Balaban J connectivity index is 1.61. The van der Waals surface area contributed by atoms with Crippen molar-refractivity contribution in [3.05, 3.63) is 74.1 Å². The van der Waals surface area contributed by atoms with Crippen LogP contribution in [0.1, 0.15) is 53.1 Å². The van der Waals surface area contributed by atoms with Crippen LogP contribution >= 0.6 is 34.8 Å². The summed E-state index contributed by atoms with van der Waals surface area (Å²) in [4.78, 5) is 29.2. The summed E-state index contributed by atoms with van der Waals surface area (Å²) in [6.45, 7) is 5.67. The van der Waals surface area contributed by atoms with Crippen molar-refractivity contribution < 1.29 is 14.3 Å². The number of carbonyl (C=O) groups excluding carboxylic acids is 2. The number of halogens is 3. The quantitative estimate of drug-likeness (QED) is 0.364. The summed E-state index contributed by atoms with van der Waals surface area (Å²) in [6, 6.07) is 10.4. The Hall–Kier alpha value is -2.61. The third kappa shape index (κ3) is 6.50. The fraction of sp³-hybridized carbons (Fsp3) is 0.333. The minimum atomic E-state index is -0.797. The van der Waals surface area contributed by atoms with Gasteiger partial charge in [0.2, 0.25) is 0 Å². The number of nitrogens with zero attached hydrogens (tertiary/aromatic N) is 3. The number of hydrogen-bond donors (Lipinski definition) is 1. The van der Waals surface area contributed by atoms with Crippen molar-refractivity contribution in [3.8, 4) is 5.82 Å². The lowest BCUT2D eigenvalue weighted by Crippen LogP contribution is -2.32. The number of ether oxygens (including phenoxy) is 1. The van der Waals surface area contributed by atoms with Gasteiger partial charge in [0, 0.05) is 28.2 Å². The maximum Gasteiger partial charge on any atom is 0.359 e. The standard InChI is InChI=1S/C24H25Cl3N4O3/c1-4-5-16(18-7-6-17(25)11-20(18)27)12-28-22(32)13-34-24(33)23-19(26)8-9-21(29-23)31-15(3)10-14(2)30-31/h6-11,16H,4-5,12-13H2,1-3H3,(H,28,32)/t16-/m1/s1. The average Bonchev–Trinajstić information content (AvgIpc) is 3.13. The summed E-state index contributed by atoms with van der Waals surface area (Å²) in [5.41, 5.74) is 2.49. The molecule has 0 saturated heterocycles. The second kappa shape index (κ2) is 11.7. The largest absolute Gasteiger partial charge is 0.451 e. The van der Waals surface area contributed by atoms with Crippen LogP contribution in [0.3, 0.4) is 0 Å². The van der Waals surface area contributed by atoms with Crippen LogP contribution in [0.25, 0.3) is 5.82 Å². The monoisotopic (exact) mass is 522 g/mol. The van der Waals surface area contributed by atoms with Crippen LogP contribution < -0.4 is 5.32 Å². The van der Waals surface area contributed by atoms with Gasteiger partial charge in [0.05, 0.1) is 10.7 Å². The zero-order chi connectivity index (χ0) is 24.8. The van der Waals surface area contributed by atoms with Gasteiger partial charge in [0.15, 0.2) is 18.1 Å². The van der Waals surface area contributed by atoms with E-state index in [0.29, 0.717) is 22.4 Å². The Bertz CT molecular complexity index is 1200. The summed E-state index contributed by atoms with van der Waals surface area (Å²) >= 11 is 18.5. The van der Waals surface area contributed by atoms with Crippen LogP contribution in [-0.4, -0.2) is 39.8 Å². The van der Waals surface area contributed by atoms with Crippen molar-refractivity contribution >= 4 is 46.7 Å². The van der Waals surface area contributed by atoms with Gasteiger partial charge in [-0.15, -0.1) is 0 Å². The van der Waals surface area contributed by atoms with Crippen LogP contribution in [0.2, 0.25) is 15.1 Å². The predicted octanol–water partition coefficient (Wildman–Crippen LogP) is 5.70. The summed E-state index contributed by atoms with van der Waals surface area (Å²) in [5, 5.41) is 8.38. The van der Waals surface area contributed by atoms with E-state index >= 15 is 0 Å². The first-order valence-electron chi connectivity index (χ1n) is 10.8. The molecule has 180 valence electrons. The highest BCUT2D eigenvalue weighted by atomic mass is 35.5. The van der Waals surface area contributed by atoms with Crippen LogP contribution in [0.5, 0.6) is 0 Å². The van der Waals surface area contributed by atoms with Gasteiger partial charge < -0.3 is 10.1 Å². The topological polar surface area (TPSA) is 86.1 Å². The van der Waals surface area contributed by atoms with Gasteiger partial charge in [0.1, 0.15) is 0 Å². The van der Waals surface area contributed by atoms with Gasteiger partial charge in [-0.3, -0.25) is 4.79 Å². The van der Waals surface area contributed by atoms with Crippen molar-refractivity contribution in [2.75, 3.05) is 13.2 Å². The fourth-order valence-corrected chi connectivity index (χ4v) is 4.34. The molecule has 0 bridgehead atoms. The first kappa shape index (κ1) is 26.0. The number of hydrogen-bond acceptors (Lipinski definition) is 5. The van der Waals surface area contributed by atoms with Crippen LogP contribution in [0, 0.1) is 13.8 Å². The van der Waals surface area contributed by atoms with Gasteiger partial charge in [-0.25, -0.2) is 14.5 Å². The molecule has 7 nitrogen and oxygen atoms in total. The molecule has 0 saturated carbocycles. The van der Waals surface area contributed by atoms with E-state index in [2.05, 4.69) is 22.3 Å². The number of aromatic nitrogens is 3. The second-order valence-electron chi connectivity index (χ2n) is 7.87. The molecule has 0 spiro atoms. The van der Waals surface area contributed by atoms with Crippen molar-refractivity contribution in [2.45, 2.75) is 39.5 Å². The minimum Gasteiger partial charge on any atom is -0.451 e. The lowest BCUT2D eigenvalue weighted by molar-refractivity contribution is -0.124. The molecule has 3 aromatic rings. The SMILES string of the molecule is CCC[C@H](CNC(=O)COC(=O)c1nc(-n2nc(C)cc2C)ccc1Cl)c1ccc(Cl)cc1Cl. The van der Waals surface area contributed by atoms with Crippen molar-refractivity contribution in [1.82, 2.24) is 20.1 Å². The Kier molecular flexibility index (Phi) is 8.94. The highest BCUT2D eigenvalue weighted by molar-refractivity contribution is 6.35. The number of aryl methyl sites for hydroxylation is 2. The number of esters is 1. The molecule has 0 fully saturated rings. The number of carbonyl (C=O) groups is 2. The molecular formula is C24H25Cl3N4O3. The van der Waals surface area contributed by atoms with Gasteiger partial charge in [0.25, 0.3) is 5.91 Å².